The fourth-order valence-electron chi connectivity index (χ4n) is 1.45. The number of hydrogen-bond acceptors (Lipinski definition) is 4. The monoisotopic (exact) mass is 239 g/mol. The normalized spacial score (nSPS) is 10.6. The van der Waals surface area contributed by atoms with Crippen molar-refractivity contribution in [3.05, 3.63) is 29.1 Å². The van der Waals surface area contributed by atoms with E-state index >= 15 is 0 Å². The summed E-state index contributed by atoms with van der Waals surface area (Å²) in [7, 11) is 0. The first-order chi connectivity index (χ1) is 7.70. The molecule has 0 amide bonds. The summed E-state index contributed by atoms with van der Waals surface area (Å²) in [6, 6.07) is 3.44. The smallest absolute Gasteiger partial charge is 0.310 e. The molecule has 0 fully saturated rings. The number of halogens is 1. The van der Waals surface area contributed by atoms with Crippen molar-refractivity contribution in [3.63, 3.8) is 0 Å². The van der Waals surface area contributed by atoms with E-state index in [0.29, 0.717) is 17.5 Å². The number of esters is 1. The van der Waals surface area contributed by atoms with Crippen molar-refractivity contribution < 1.29 is 13.9 Å². The molecule has 2 aromatic heterocycles. The van der Waals surface area contributed by atoms with Gasteiger partial charge in [-0.15, -0.1) is 0 Å². The van der Waals surface area contributed by atoms with Crippen LogP contribution in [0.15, 0.2) is 22.8 Å². The lowest BCUT2D eigenvalue weighted by molar-refractivity contribution is -0.142. The highest BCUT2D eigenvalue weighted by Gasteiger charge is 2.11. The number of rotatable bonds is 3. The topological polar surface area (TPSA) is 52.3 Å². The van der Waals surface area contributed by atoms with E-state index in [1.165, 1.54) is 6.26 Å². The number of aromatic nitrogens is 1. The number of pyridine rings is 1. The second kappa shape index (κ2) is 4.53. The van der Waals surface area contributed by atoms with Gasteiger partial charge in [0.05, 0.1) is 19.3 Å². The van der Waals surface area contributed by atoms with Crippen LogP contribution in [0.1, 0.15) is 12.5 Å². The maximum Gasteiger partial charge on any atom is 0.310 e. The summed E-state index contributed by atoms with van der Waals surface area (Å²) in [5.41, 5.74) is 1.20. The minimum absolute atomic E-state index is 0.185. The molecule has 0 saturated heterocycles. The molecule has 0 atom stereocenters. The quantitative estimate of drug-likeness (QED) is 0.610. The molecule has 4 nitrogen and oxygen atoms in total. The van der Waals surface area contributed by atoms with E-state index in [1.54, 1.807) is 19.1 Å². The van der Waals surface area contributed by atoms with Gasteiger partial charge in [0.25, 0.3) is 0 Å². The SMILES string of the molecule is CCOC(=O)Cc1coc2nc(Cl)ccc12. The van der Waals surface area contributed by atoms with Crippen LogP contribution in [0.25, 0.3) is 11.1 Å². The van der Waals surface area contributed by atoms with Crippen LogP contribution in [0.2, 0.25) is 5.15 Å². The first-order valence-electron chi connectivity index (χ1n) is 4.89. The number of fused-ring (bicyclic) bond motifs is 1. The molecule has 0 aliphatic rings. The molecule has 0 aromatic carbocycles. The van der Waals surface area contributed by atoms with Crippen molar-refractivity contribution >= 4 is 28.7 Å². The van der Waals surface area contributed by atoms with Crippen molar-refractivity contribution in [2.75, 3.05) is 6.61 Å². The number of ether oxygens (including phenoxy) is 1. The summed E-state index contributed by atoms with van der Waals surface area (Å²) in [6.07, 6.45) is 1.69. The number of carbonyl (C=O) groups excluding carboxylic acids is 1. The van der Waals surface area contributed by atoms with Crippen LogP contribution in [0.4, 0.5) is 0 Å². The molecule has 0 aliphatic carbocycles. The molecular weight excluding hydrogens is 230 g/mol. The lowest BCUT2D eigenvalue weighted by Gasteiger charge is -1.99. The number of carbonyl (C=O) groups is 1. The first kappa shape index (κ1) is 11.0. The lowest BCUT2D eigenvalue weighted by atomic mass is 10.1. The third-order valence-electron chi connectivity index (χ3n) is 2.13. The van der Waals surface area contributed by atoms with Gasteiger partial charge in [0.15, 0.2) is 0 Å². The van der Waals surface area contributed by atoms with Gasteiger partial charge in [-0.3, -0.25) is 4.79 Å². The van der Waals surface area contributed by atoms with Gasteiger partial charge in [-0.2, -0.15) is 0 Å². The van der Waals surface area contributed by atoms with E-state index in [0.717, 1.165) is 10.9 Å². The van der Waals surface area contributed by atoms with Crippen LogP contribution >= 0.6 is 11.6 Å². The molecular formula is C11H10ClNO3. The van der Waals surface area contributed by atoms with Crippen LogP contribution < -0.4 is 0 Å². The van der Waals surface area contributed by atoms with Crippen molar-refractivity contribution in [2.24, 2.45) is 0 Å². The van der Waals surface area contributed by atoms with Gasteiger partial charge >= 0.3 is 5.97 Å². The zero-order chi connectivity index (χ0) is 11.5. The highest BCUT2D eigenvalue weighted by Crippen LogP contribution is 2.22. The van der Waals surface area contributed by atoms with E-state index < -0.39 is 0 Å². The summed E-state index contributed by atoms with van der Waals surface area (Å²) in [5.74, 6) is -0.278. The summed E-state index contributed by atoms with van der Waals surface area (Å²) in [5, 5.41) is 1.15. The summed E-state index contributed by atoms with van der Waals surface area (Å²) < 4.78 is 10.1. The molecule has 84 valence electrons. The summed E-state index contributed by atoms with van der Waals surface area (Å²) >= 11 is 5.72. The zero-order valence-electron chi connectivity index (χ0n) is 8.70. The Hall–Kier alpha value is -1.55. The Balaban J connectivity index is 2.28. The molecule has 0 unspecified atom stereocenters. The number of furan rings is 1. The average molecular weight is 240 g/mol. The van der Waals surface area contributed by atoms with Gasteiger partial charge in [0, 0.05) is 10.9 Å². The van der Waals surface area contributed by atoms with Gasteiger partial charge in [-0.25, -0.2) is 4.98 Å². The van der Waals surface area contributed by atoms with Crippen LogP contribution in [0.5, 0.6) is 0 Å². The molecule has 2 aromatic rings. The van der Waals surface area contributed by atoms with Gasteiger partial charge in [-0.05, 0) is 19.1 Å². The van der Waals surface area contributed by atoms with Gasteiger partial charge in [0.1, 0.15) is 5.15 Å². The number of nitrogens with zero attached hydrogens (tertiary/aromatic N) is 1. The molecule has 2 heterocycles. The molecule has 0 spiro atoms. The van der Waals surface area contributed by atoms with E-state index in [-0.39, 0.29) is 12.4 Å². The Morgan fingerprint density at radius 1 is 1.56 bits per heavy atom. The van der Waals surface area contributed by atoms with Crippen LogP contribution in [0.3, 0.4) is 0 Å². The van der Waals surface area contributed by atoms with Gasteiger partial charge < -0.3 is 9.15 Å². The standard InChI is InChI=1S/C11H10ClNO3/c1-2-15-10(14)5-7-6-16-11-8(7)3-4-9(12)13-11/h3-4,6H,2,5H2,1H3. The Labute approximate surface area is 97.2 Å². The van der Waals surface area contributed by atoms with E-state index in [9.17, 15) is 4.79 Å². The summed E-state index contributed by atoms with van der Waals surface area (Å²) in [4.78, 5) is 15.3. The van der Waals surface area contributed by atoms with E-state index in [4.69, 9.17) is 20.8 Å². The Kier molecular flexibility index (Phi) is 3.10. The first-order valence-corrected chi connectivity index (χ1v) is 5.26. The molecule has 5 heteroatoms. The molecule has 0 radical (unpaired) electrons. The molecule has 0 N–H and O–H groups in total. The molecule has 16 heavy (non-hydrogen) atoms. The van der Waals surface area contributed by atoms with Gasteiger partial charge in [-0.1, -0.05) is 11.6 Å². The predicted molar refractivity (Wildman–Crippen MR) is 59.4 cm³/mol. The Morgan fingerprint density at radius 3 is 3.12 bits per heavy atom. The molecule has 2 rings (SSSR count). The lowest BCUT2D eigenvalue weighted by Crippen LogP contribution is -2.06. The van der Waals surface area contributed by atoms with Crippen LogP contribution in [-0.4, -0.2) is 17.6 Å². The zero-order valence-corrected chi connectivity index (χ0v) is 9.45. The average Bonchev–Trinajstić information content (AvgIpc) is 2.61. The highest BCUT2D eigenvalue weighted by atomic mass is 35.5. The second-order valence-corrected chi connectivity index (χ2v) is 3.62. The fourth-order valence-corrected chi connectivity index (χ4v) is 1.59. The van der Waals surface area contributed by atoms with Crippen LogP contribution in [-0.2, 0) is 16.0 Å². The third kappa shape index (κ3) is 2.17. The van der Waals surface area contributed by atoms with E-state index in [1.807, 2.05) is 0 Å². The summed E-state index contributed by atoms with van der Waals surface area (Å²) in [6.45, 7) is 2.14. The maximum absolute atomic E-state index is 11.3. The van der Waals surface area contributed by atoms with Crippen LogP contribution in [0, 0.1) is 0 Å². The maximum atomic E-state index is 11.3. The third-order valence-corrected chi connectivity index (χ3v) is 2.34. The van der Waals surface area contributed by atoms with Crippen molar-refractivity contribution in [1.82, 2.24) is 4.98 Å². The fraction of sp³-hybridized carbons (Fsp3) is 0.273. The van der Waals surface area contributed by atoms with E-state index in [2.05, 4.69) is 4.98 Å². The molecule has 0 saturated carbocycles. The minimum Gasteiger partial charge on any atom is -0.466 e. The Bertz CT molecular complexity index is 521. The van der Waals surface area contributed by atoms with Gasteiger partial charge in [0.2, 0.25) is 5.71 Å². The number of hydrogen-bond donors (Lipinski definition) is 0. The van der Waals surface area contributed by atoms with Crippen molar-refractivity contribution in [3.8, 4) is 0 Å². The van der Waals surface area contributed by atoms with Crippen molar-refractivity contribution in [2.45, 2.75) is 13.3 Å². The highest BCUT2D eigenvalue weighted by molar-refractivity contribution is 6.29. The van der Waals surface area contributed by atoms with Crippen molar-refractivity contribution in [1.29, 1.82) is 0 Å². The molecule has 0 aliphatic heterocycles. The largest absolute Gasteiger partial charge is 0.466 e. The molecule has 0 bridgehead atoms. The predicted octanol–water partition coefficient (Wildman–Crippen LogP) is 2.59. The Morgan fingerprint density at radius 2 is 2.38 bits per heavy atom. The second-order valence-electron chi connectivity index (χ2n) is 3.23. The minimum atomic E-state index is -0.278.